The minimum atomic E-state index is -0.946. The number of aromatic nitrogens is 1. The molecule has 0 atom stereocenters. The number of fused-ring (bicyclic) bond motifs is 1. The van der Waals surface area contributed by atoms with Crippen LogP contribution in [-0.2, 0) is 4.79 Å². The maximum atomic E-state index is 10.5. The minimum absolute atomic E-state index is 0.444. The first-order valence-electron chi connectivity index (χ1n) is 5.75. The molecule has 0 spiro atoms. The molecule has 5 heteroatoms. The molecule has 0 radical (unpaired) electrons. The summed E-state index contributed by atoms with van der Waals surface area (Å²) >= 11 is 6.10. The number of rotatable bonds is 4. The topological polar surface area (TPSA) is 62.2 Å². The molecule has 98 valence electrons. The quantitative estimate of drug-likeness (QED) is 0.841. The van der Waals surface area contributed by atoms with Crippen LogP contribution in [0.3, 0.4) is 0 Å². The molecule has 0 unspecified atom stereocenters. The Morgan fingerprint density at radius 3 is 3.00 bits per heavy atom. The van der Waals surface area contributed by atoms with Gasteiger partial charge in [-0.3, -0.25) is 4.98 Å². The maximum absolute atomic E-state index is 10.5. The number of nitrogens with zero attached hydrogens (tertiary/aromatic N) is 1. The fraction of sp³-hybridized carbons (Fsp3) is 0.143. The van der Waals surface area contributed by atoms with Crippen molar-refractivity contribution in [1.29, 1.82) is 0 Å². The standard InChI is InChI=1S/C14H13ClN2O2/c1-9(7-13(18)19)8-17-12-5-4-11(15)10-3-2-6-16-14(10)12/h2-7,17H,8H2,1H3,(H,18,19)/b9-7-. The van der Waals surface area contributed by atoms with E-state index in [1.165, 1.54) is 6.08 Å². The van der Waals surface area contributed by atoms with Crippen LogP contribution in [0.4, 0.5) is 5.69 Å². The van der Waals surface area contributed by atoms with E-state index in [1.807, 2.05) is 18.2 Å². The van der Waals surface area contributed by atoms with Crippen molar-refractivity contribution in [3.63, 3.8) is 0 Å². The number of aliphatic carboxylic acids is 1. The number of carboxylic acids is 1. The number of nitrogens with one attached hydrogen (secondary N) is 1. The summed E-state index contributed by atoms with van der Waals surface area (Å²) in [5.41, 5.74) is 2.34. The number of benzene rings is 1. The van der Waals surface area contributed by atoms with Crippen molar-refractivity contribution in [2.75, 3.05) is 11.9 Å². The highest BCUT2D eigenvalue weighted by Gasteiger charge is 2.05. The van der Waals surface area contributed by atoms with Crippen LogP contribution in [0.25, 0.3) is 10.9 Å². The Balaban J connectivity index is 2.27. The van der Waals surface area contributed by atoms with Crippen LogP contribution in [0.15, 0.2) is 42.1 Å². The van der Waals surface area contributed by atoms with Gasteiger partial charge in [-0.2, -0.15) is 0 Å². The summed E-state index contributed by atoms with van der Waals surface area (Å²) in [6.07, 6.45) is 2.88. The lowest BCUT2D eigenvalue weighted by Gasteiger charge is -2.10. The third-order valence-corrected chi connectivity index (χ3v) is 2.97. The maximum Gasteiger partial charge on any atom is 0.328 e. The SMILES string of the molecule is C/C(=C/C(=O)O)CNc1ccc(Cl)c2cccnc12. The van der Waals surface area contributed by atoms with Gasteiger partial charge < -0.3 is 10.4 Å². The van der Waals surface area contributed by atoms with Crippen LogP contribution in [0.5, 0.6) is 0 Å². The fourth-order valence-corrected chi connectivity index (χ4v) is 1.99. The van der Waals surface area contributed by atoms with E-state index in [9.17, 15) is 4.79 Å². The van der Waals surface area contributed by atoms with Crippen LogP contribution in [0.1, 0.15) is 6.92 Å². The average molecular weight is 277 g/mol. The van der Waals surface area contributed by atoms with Crippen LogP contribution in [0, 0.1) is 0 Å². The van der Waals surface area contributed by atoms with Crippen LogP contribution in [-0.4, -0.2) is 22.6 Å². The lowest BCUT2D eigenvalue weighted by Crippen LogP contribution is -2.05. The Labute approximate surface area is 115 Å². The third kappa shape index (κ3) is 3.23. The Bertz CT molecular complexity index is 653. The van der Waals surface area contributed by atoms with Crippen LogP contribution >= 0.6 is 11.6 Å². The van der Waals surface area contributed by atoms with E-state index in [2.05, 4.69) is 10.3 Å². The predicted octanol–water partition coefficient (Wildman–Crippen LogP) is 3.33. The molecule has 0 aliphatic carbocycles. The molecule has 0 amide bonds. The minimum Gasteiger partial charge on any atom is -0.478 e. The van der Waals surface area contributed by atoms with Gasteiger partial charge >= 0.3 is 5.97 Å². The van der Waals surface area contributed by atoms with Gasteiger partial charge in [0, 0.05) is 24.2 Å². The zero-order valence-corrected chi connectivity index (χ0v) is 11.1. The second-order valence-electron chi connectivity index (χ2n) is 4.18. The average Bonchev–Trinajstić information content (AvgIpc) is 2.37. The fourth-order valence-electron chi connectivity index (χ4n) is 1.78. The summed E-state index contributed by atoms with van der Waals surface area (Å²) in [5, 5.41) is 13.3. The van der Waals surface area contributed by atoms with E-state index in [1.54, 1.807) is 19.2 Å². The Morgan fingerprint density at radius 2 is 2.26 bits per heavy atom. The summed E-state index contributed by atoms with van der Waals surface area (Å²) in [6.45, 7) is 2.20. The van der Waals surface area contributed by atoms with Crippen molar-refractivity contribution in [2.24, 2.45) is 0 Å². The molecule has 2 aromatic rings. The van der Waals surface area contributed by atoms with Crippen molar-refractivity contribution < 1.29 is 9.90 Å². The number of hydrogen-bond acceptors (Lipinski definition) is 3. The highest BCUT2D eigenvalue weighted by molar-refractivity contribution is 6.35. The summed E-state index contributed by atoms with van der Waals surface area (Å²) in [4.78, 5) is 14.8. The van der Waals surface area contributed by atoms with Gasteiger partial charge in [0.1, 0.15) is 0 Å². The number of carboxylic acid groups (broad SMARTS) is 1. The lowest BCUT2D eigenvalue weighted by molar-refractivity contribution is -0.131. The summed E-state index contributed by atoms with van der Waals surface area (Å²) in [5.74, 6) is -0.946. The summed E-state index contributed by atoms with van der Waals surface area (Å²) in [6, 6.07) is 7.36. The van der Waals surface area contributed by atoms with E-state index >= 15 is 0 Å². The second kappa shape index (κ2) is 5.71. The van der Waals surface area contributed by atoms with Crippen molar-refractivity contribution in [3.05, 3.63) is 47.1 Å². The van der Waals surface area contributed by atoms with Gasteiger partial charge in [0.25, 0.3) is 0 Å². The van der Waals surface area contributed by atoms with Gasteiger partial charge in [-0.05, 0) is 36.8 Å². The molecule has 2 rings (SSSR count). The van der Waals surface area contributed by atoms with Gasteiger partial charge in [0.05, 0.1) is 16.2 Å². The largest absolute Gasteiger partial charge is 0.478 e. The third-order valence-electron chi connectivity index (χ3n) is 2.64. The summed E-state index contributed by atoms with van der Waals surface area (Å²) in [7, 11) is 0. The molecule has 0 saturated carbocycles. The Morgan fingerprint density at radius 1 is 1.47 bits per heavy atom. The Kier molecular flexibility index (Phi) is 4.02. The molecule has 19 heavy (non-hydrogen) atoms. The van der Waals surface area contributed by atoms with Gasteiger partial charge in [0.15, 0.2) is 0 Å². The first-order chi connectivity index (χ1) is 9.08. The smallest absolute Gasteiger partial charge is 0.328 e. The van der Waals surface area contributed by atoms with Gasteiger partial charge in [-0.25, -0.2) is 4.79 Å². The van der Waals surface area contributed by atoms with E-state index in [0.29, 0.717) is 11.6 Å². The lowest BCUT2D eigenvalue weighted by atomic mass is 10.2. The first-order valence-corrected chi connectivity index (χ1v) is 6.13. The van der Waals surface area contributed by atoms with Gasteiger partial charge in [-0.1, -0.05) is 11.6 Å². The molecule has 1 heterocycles. The predicted molar refractivity (Wildman–Crippen MR) is 76.6 cm³/mol. The van der Waals surface area contributed by atoms with Crippen LogP contribution in [0.2, 0.25) is 5.02 Å². The van der Waals surface area contributed by atoms with E-state index in [4.69, 9.17) is 16.7 Å². The molecule has 0 bridgehead atoms. The zero-order chi connectivity index (χ0) is 13.8. The molecule has 4 nitrogen and oxygen atoms in total. The van der Waals surface area contributed by atoms with E-state index in [-0.39, 0.29) is 0 Å². The highest BCUT2D eigenvalue weighted by Crippen LogP contribution is 2.27. The van der Waals surface area contributed by atoms with E-state index in [0.717, 1.165) is 22.2 Å². The van der Waals surface area contributed by atoms with Crippen molar-refractivity contribution in [2.45, 2.75) is 6.92 Å². The molecular formula is C14H13ClN2O2. The molecule has 1 aromatic carbocycles. The molecule has 0 aliphatic heterocycles. The van der Waals surface area contributed by atoms with Crippen LogP contribution < -0.4 is 5.32 Å². The molecular weight excluding hydrogens is 264 g/mol. The Hall–Kier alpha value is -2.07. The molecule has 0 aliphatic rings. The number of anilines is 1. The van der Waals surface area contributed by atoms with Crippen molar-refractivity contribution in [1.82, 2.24) is 4.98 Å². The van der Waals surface area contributed by atoms with Gasteiger partial charge in [-0.15, -0.1) is 0 Å². The van der Waals surface area contributed by atoms with Crippen molar-refractivity contribution >= 4 is 34.2 Å². The normalized spacial score (nSPS) is 11.6. The number of pyridine rings is 1. The number of halogens is 1. The molecule has 0 fully saturated rings. The monoisotopic (exact) mass is 276 g/mol. The molecule has 1 aromatic heterocycles. The van der Waals surface area contributed by atoms with E-state index < -0.39 is 5.97 Å². The summed E-state index contributed by atoms with van der Waals surface area (Å²) < 4.78 is 0. The highest BCUT2D eigenvalue weighted by atomic mass is 35.5. The first kappa shape index (κ1) is 13.4. The van der Waals surface area contributed by atoms with Crippen molar-refractivity contribution in [3.8, 4) is 0 Å². The zero-order valence-electron chi connectivity index (χ0n) is 10.4. The number of hydrogen-bond donors (Lipinski definition) is 2. The molecule has 2 N–H and O–H groups in total. The second-order valence-corrected chi connectivity index (χ2v) is 4.58. The van der Waals surface area contributed by atoms with Gasteiger partial charge in [0.2, 0.25) is 0 Å². The molecule has 0 saturated heterocycles. The number of carbonyl (C=O) groups is 1.